The van der Waals surface area contributed by atoms with Gasteiger partial charge in [-0.2, -0.15) is 0 Å². The Labute approximate surface area is 74.6 Å². The molecule has 1 amide bonds. The van der Waals surface area contributed by atoms with Gasteiger partial charge in [-0.3, -0.25) is 4.79 Å². The van der Waals surface area contributed by atoms with Gasteiger partial charge >= 0.3 is 0 Å². The van der Waals surface area contributed by atoms with Crippen LogP contribution in [0.4, 0.5) is 0 Å². The van der Waals surface area contributed by atoms with E-state index >= 15 is 0 Å². The lowest BCUT2D eigenvalue weighted by atomic mass is 10.3. The summed E-state index contributed by atoms with van der Waals surface area (Å²) >= 11 is 0. The summed E-state index contributed by atoms with van der Waals surface area (Å²) in [6.45, 7) is 10.4. The number of hydrogen-bond donors (Lipinski definition) is 0. The standard InChI is InChI=1S/C10H17NO/c1-4-7-10(12)11(8-5-2)9-6-3/h5-6H,2-4,7-9H2,1H3. The molecule has 0 atom stereocenters. The molecule has 0 rings (SSSR count). The summed E-state index contributed by atoms with van der Waals surface area (Å²) in [5.74, 6) is 0.178. The van der Waals surface area contributed by atoms with Crippen LogP contribution in [0.5, 0.6) is 0 Å². The van der Waals surface area contributed by atoms with Crippen LogP contribution in [0, 0.1) is 0 Å². The molecular formula is C10H17NO. The van der Waals surface area contributed by atoms with Gasteiger partial charge in [-0.05, 0) is 6.42 Å². The summed E-state index contributed by atoms with van der Waals surface area (Å²) in [5.41, 5.74) is 0. The fraction of sp³-hybridized carbons (Fsp3) is 0.500. The second-order valence-electron chi connectivity index (χ2n) is 2.63. The summed E-state index contributed by atoms with van der Waals surface area (Å²) in [6, 6.07) is 0. The molecular weight excluding hydrogens is 150 g/mol. The fourth-order valence-corrected chi connectivity index (χ4v) is 0.962. The van der Waals surface area contributed by atoms with Crippen molar-refractivity contribution in [3.8, 4) is 0 Å². The van der Waals surface area contributed by atoms with Gasteiger partial charge in [0.05, 0.1) is 0 Å². The minimum Gasteiger partial charge on any atom is -0.335 e. The van der Waals surface area contributed by atoms with Gasteiger partial charge in [-0.25, -0.2) is 0 Å². The Hall–Kier alpha value is -1.05. The number of nitrogens with zero attached hydrogens (tertiary/aromatic N) is 1. The van der Waals surface area contributed by atoms with Crippen molar-refractivity contribution in [2.24, 2.45) is 0 Å². The average molecular weight is 167 g/mol. The molecule has 68 valence electrons. The smallest absolute Gasteiger partial charge is 0.223 e. The Morgan fingerprint density at radius 3 is 2.17 bits per heavy atom. The van der Waals surface area contributed by atoms with E-state index in [4.69, 9.17) is 0 Å². The minimum absolute atomic E-state index is 0.178. The predicted molar refractivity (Wildman–Crippen MR) is 51.9 cm³/mol. The van der Waals surface area contributed by atoms with E-state index in [1.807, 2.05) is 6.92 Å². The Kier molecular flexibility index (Phi) is 6.07. The first kappa shape index (κ1) is 11.0. The normalized spacial score (nSPS) is 9.08. The molecule has 0 aliphatic carbocycles. The van der Waals surface area contributed by atoms with Crippen molar-refractivity contribution in [2.45, 2.75) is 19.8 Å². The van der Waals surface area contributed by atoms with E-state index < -0.39 is 0 Å². The van der Waals surface area contributed by atoms with Crippen LogP contribution in [0.3, 0.4) is 0 Å². The molecule has 0 unspecified atom stereocenters. The van der Waals surface area contributed by atoms with E-state index in [2.05, 4.69) is 13.2 Å². The second kappa shape index (κ2) is 6.65. The lowest BCUT2D eigenvalue weighted by molar-refractivity contribution is -0.130. The van der Waals surface area contributed by atoms with Gasteiger partial charge in [0.25, 0.3) is 0 Å². The lowest BCUT2D eigenvalue weighted by Gasteiger charge is -2.18. The van der Waals surface area contributed by atoms with Crippen molar-refractivity contribution >= 4 is 5.91 Å². The Bertz CT molecular complexity index is 153. The molecule has 0 N–H and O–H groups in total. The van der Waals surface area contributed by atoms with E-state index in [9.17, 15) is 4.79 Å². The molecule has 0 spiro atoms. The fourth-order valence-electron chi connectivity index (χ4n) is 0.962. The summed E-state index contributed by atoms with van der Waals surface area (Å²) in [5, 5.41) is 0. The molecule has 0 aromatic heterocycles. The summed E-state index contributed by atoms with van der Waals surface area (Å²) in [7, 11) is 0. The molecule has 0 bridgehead atoms. The first-order chi connectivity index (χ1) is 5.76. The van der Waals surface area contributed by atoms with E-state index in [-0.39, 0.29) is 5.91 Å². The van der Waals surface area contributed by atoms with E-state index in [0.717, 1.165) is 6.42 Å². The topological polar surface area (TPSA) is 20.3 Å². The van der Waals surface area contributed by atoms with Crippen LogP contribution < -0.4 is 0 Å². The monoisotopic (exact) mass is 167 g/mol. The molecule has 0 saturated heterocycles. The third kappa shape index (κ3) is 3.96. The van der Waals surface area contributed by atoms with Gasteiger partial charge in [0.15, 0.2) is 0 Å². The quantitative estimate of drug-likeness (QED) is 0.554. The first-order valence-electron chi connectivity index (χ1n) is 4.25. The first-order valence-corrected chi connectivity index (χ1v) is 4.25. The summed E-state index contributed by atoms with van der Waals surface area (Å²) in [4.78, 5) is 13.1. The van der Waals surface area contributed by atoms with Crippen LogP contribution in [0.2, 0.25) is 0 Å². The number of hydrogen-bond acceptors (Lipinski definition) is 1. The van der Waals surface area contributed by atoms with E-state index in [1.165, 1.54) is 0 Å². The minimum atomic E-state index is 0.178. The van der Waals surface area contributed by atoms with Gasteiger partial charge in [-0.1, -0.05) is 19.1 Å². The zero-order valence-electron chi connectivity index (χ0n) is 7.75. The molecule has 0 saturated carbocycles. The highest BCUT2D eigenvalue weighted by molar-refractivity contribution is 5.76. The van der Waals surface area contributed by atoms with Crippen LogP contribution in [-0.4, -0.2) is 23.9 Å². The number of carbonyl (C=O) groups is 1. The van der Waals surface area contributed by atoms with Crippen molar-refractivity contribution in [3.63, 3.8) is 0 Å². The highest BCUT2D eigenvalue weighted by atomic mass is 16.2. The largest absolute Gasteiger partial charge is 0.335 e. The Balaban J connectivity index is 3.97. The molecule has 2 nitrogen and oxygen atoms in total. The molecule has 0 fully saturated rings. The zero-order chi connectivity index (χ0) is 9.40. The molecule has 12 heavy (non-hydrogen) atoms. The van der Waals surface area contributed by atoms with Crippen molar-refractivity contribution in [2.75, 3.05) is 13.1 Å². The third-order valence-electron chi connectivity index (χ3n) is 1.52. The van der Waals surface area contributed by atoms with Crippen LogP contribution in [-0.2, 0) is 4.79 Å². The molecule has 0 aromatic carbocycles. The maximum absolute atomic E-state index is 11.4. The van der Waals surface area contributed by atoms with Gasteiger partial charge in [-0.15, -0.1) is 13.2 Å². The number of carbonyl (C=O) groups excluding carboxylic acids is 1. The van der Waals surface area contributed by atoms with Gasteiger partial charge in [0.2, 0.25) is 5.91 Å². The van der Waals surface area contributed by atoms with E-state index in [0.29, 0.717) is 19.5 Å². The van der Waals surface area contributed by atoms with E-state index in [1.54, 1.807) is 17.1 Å². The molecule has 0 aromatic rings. The summed E-state index contributed by atoms with van der Waals surface area (Å²) < 4.78 is 0. The number of rotatable bonds is 6. The van der Waals surface area contributed by atoms with Crippen LogP contribution in [0.25, 0.3) is 0 Å². The molecule has 0 aliphatic rings. The lowest BCUT2D eigenvalue weighted by Crippen LogP contribution is -2.30. The van der Waals surface area contributed by atoms with Crippen molar-refractivity contribution in [1.29, 1.82) is 0 Å². The SMILES string of the molecule is C=CCN(CC=C)C(=O)CCC. The third-order valence-corrected chi connectivity index (χ3v) is 1.52. The Morgan fingerprint density at radius 1 is 1.33 bits per heavy atom. The molecule has 0 heterocycles. The van der Waals surface area contributed by atoms with Crippen molar-refractivity contribution in [3.05, 3.63) is 25.3 Å². The van der Waals surface area contributed by atoms with Crippen molar-refractivity contribution < 1.29 is 4.79 Å². The molecule has 2 heteroatoms. The molecule has 0 aliphatic heterocycles. The Morgan fingerprint density at radius 2 is 1.83 bits per heavy atom. The average Bonchev–Trinajstić information content (AvgIpc) is 2.04. The zero-order valence-corrected chi connectivity index (χ0v) is 7.75. The van der Waals surface area contributed by atoms with Crippen LogP contribution in [0.15, 0.2) is 25.3 Å². The van der Waals surface area contributed by atoms with Crippen LogP contribution >= 0.6 is 0 Å². The maximum Gasteiger partial charge on any atom is 0.223 e. The number of amides is 1. The maximum atomic E-state index is 11.4. The van der Waals surface area contributed by atoms with Crippen LogP contribution in [0.1, 0.15) is 19.8 Å². The van der Waals surface area contributed by atoms with Gasteiger partial charge in [0, 0.05) is 19.5 Å². The molecule has 0 radical (unpaired) electrons. The summed E-state index contributed by atoms with van der Waals surface area (Å²) in [6.07, 6.45) is 4.97. The predicted octanol–water partition coefficient (Wildman–Crippen LogP) is 1.99. The van der Waals surface area contributed by atoms with Gasteiger partial charge < -0.3 is 4.90 Å². The second-order valence-corrected chi connectivity index (χ2v) is 2.63. The highest BCUT2D eigenvalue weighted by Crippen LogP contribution is 1.97. The van der Waals surface area contributed by atoms with Gasteiger partial charge in [0.1, 0.15) is 0 Å². The highest BCUT2D eigenvalue weighted by Gasteiger charge is 2.07. The van der Waals surface area contributed by atoms with Crippen molar-refractivity contribution in [1.82, 2.24) is 4.90 Å².